The van der Waals surface area contributed by atoms with E-state index in [9.17, 15) is 4.79 Å². The van der Waals surface area contributed by atoms with Crippen LogP contribution in [0.5, 0.6) is 0 Å². The fourth-order valence-corrected chi connectivity index (χ4v) is 2.48. The molecule has 2 heterocycles. The summed E-state index contributed by atoms with van der Waals surface area (Å²) in [6.07, 6.45) is 5.35. The lowest BCUT2D eigenvalue weighted by atomic mass is 10.0. The lowest BCUT2D eigenvalue weighted by Crippen LogP contribution is -2.45. The van der Waals surface area contributed by atoms with Crippen molar-refractivity contribution in [3.8, 4) is 0 Å². The van der Waals surface area contributed by atoms with Crippen LogP contribution in [0.4, 0.5) is 0 Å². The Balaban J connectivity index is 1.99. The van der Waals surface area contributed by atoms with Gasteiger partial charge in [0.05, 0.1) is 5.56 Å². The maximum absolute atomic E-state index is 12.4. The molecule has 1 aromatic heterocycles. The van der Waals surface area contributed by atoms with Crippen molar-refractivity contribution in [2.45, 2.75) is 39.2 Å². The molecule has 104 valence electrons. The van der Waals surface area contributed by atoms with E-state index < -0.39 is 0 Å². The Bertz CT molecular complexity index is 410. The van der Waals surface area contributed by atoms with Crippen molar-refractivity contribution >= 4 is 5.91 Å². The summed E-state index contributed by atoms with van der Waals surface area (Å²) < 4.78 is 0. The van der Waals surface area contributed by atoms with Crippen molar-refractivity contribution in [1.29, 1.82) is 0 Å². The van der Waals surface area contributed by atoms with E-state index in [-0.39, 0.29) is 5.91 Å². The second-order valence-corrected chi connectivity index (χ2v) is 5.18. The van der Waals surface area contributed by atoms with Gasteiger partial charge < -0.3 is 10.2 Å². The predicted molar refractivity (Wildman–Crippen MR) is 76.2 cm³/mol. The van der Waals surface area contributed by atoms with Gasteiger partial charge in [-0.1, -0.05) is 6.42 Å². The van der Waals surface area contributed by atoms with E-state index in [0.29, 0.717) is 11.6 Å². The highest BCUT2D eigenvalue weighted by atomic mass is 16.2. The molecule has 0 aromatic carbocycles. The van der Waals surface area contributed by atoms with Gasteiger partial charge in [-0.3, -0.25) is 9.78 Å². The SMILES string of the molecule is CCN(CC1CCCCN1)C(=O)c1ccc(C)nc1. The molecule has 1 aliphatic heterocycles. The largest absolute Gasteiger partial charge is 0.337 e. The standard InChI is InChI=1S/C15H23N3O/c1-3-18(11-14-6-4-5-9-16-14)15(19)13-8-7-12(2)17-10-13/h7-8,10,14,16H,3-6,9,11H2,1-2H3. The van der Waals surface area contributed by atoms with Crippen molar-refractivity contribution in [1.82, 2.24) is 15.2 Å². The smallest absolute Gasteiger partial charge is 0.255 e. The van der Waals surface area contributed by atoms with E-state index in [0.717, 1.165) is 31.7 Å². The minimum atomic E-state index is 0.0855. The first-order valence-corrected chi connectivity index (χ1v) is 7.16. The molecular weight excluding hydrogens is 238 g/mol. The molecule has 0 saturated carbocycles. The molecule has 1 amide bonds. The molecule has 1 fully saturated rings. The van der Waals surface area contributed by atoms with E-state index in [1.807, 2.05) is 30.9 Å². The number of piperidine rings is 1. The number of likely N-dealkylation sites (N-methyl/N-ethyl adjacent to an activating group) is 1. The molecule has 4 heteroatoms. The molecule has 1 unspecified atom stereocenters. The zero-order valence-electron chi connectivity index (χ0n) is 11.9. The number of nitrogens with one attached hydrogen (secondary N) is 1. The third-order valence-corrected chi connectivity index (χ3v) is 3.68. The zero-order valence-corrected chi connectivity index (χ0v) is 11.9. The number of hydrogen-bond acceptors (Lipinski definition) is 3. The molecule has 1 aliphatic rings. The first-order valence-electron chi connectivity index (χ1n) is 7.16. The van der Waals surface area contributed by atoms with Crippen LogP contribution in [0, 0.1) is 6.92 Å². The van der Waals surface area contributed by atoms with Crippen LogP contribution in [0.15, 0.2) is 18.3 Å². The van der Waals surface area contributed by atoms with Gasteiger partial charge in [0.15, 0.2) is 0 Å². The third-order valence-electron chi connectivity index (χ3n) is 3.68. The van der Waals surface area contributed by atoms with Gasteiger partial charge in [-0.15, -0.1) is 0 Å². The Morgan fingerprint density at radius 1 is 1.47 bits per heavy atom. The number of carbonyl (C=O) groups excluding carboxylic acids is 1. The highest BCUT2D eigenvalue weighted by Gasteiger charge is 2.20. The van der Waals surface area contributed by atoms with Gasteiger partial charge in [-0.25, -0.2) is 0 Å². The maximum Gasteiger partial charge on any atom is 0.255 e. The van der Waals surface area contributed by atoms with Crippen LogP contribution >= 0.6 is 0 Å². The van der Waals surface area contributed by atoms with Gasteiger partial charge in [0.2, 0.25) is 0 Å². The monoisotopic (exact) mass is 261 g/mol. The van der Waals surface area contributed by atoms with Crippen molar-refractivity contribution in [2.24, 2.45) is 0 Å². The lowest BCUT2D eigenvalue weighted by molar-refractivity contribution is 0.0741. The van der Waals surface area contributed by atoms with Crippen molar-refractivity contribution < 1.29 is 4.79 Å². The van der Waals surface area contributed by atoms with E-state index in [1.165, 1.54) is 12.8 Å². The topological polar surface area (TPSA) is 45.2 Å². The summed E-state index contributed by atoms with van der Waals surface area (Å²) in [5.41, 5.74) is 1.62. The predicted octanol–water partition coefficient (Wildman–Crippen LogP) is 1.99. The van der Waals surface area contributed by atoms with Gasteiger partial charge in [0.1, 0.15) is 0 Å². The van der Waals surface area contributed by atoms with Crippen LogP contribution in [-0.2, 0) is 0 Å². The number of aromatic nitrogens is 1. The van der Waals surface area contributed by atoms with Gasteiger partial charge in [0.25, 0.3) is 5.91 Å². The second kappa shape index (κ2) is 6.66. The summed E-state index contributed by atoms with van der Waals surface area (Å²) in [6, 6.07) is 4.19. The molecule has 1 saturated heterocycles. The number of pyridine rings is 1. The Kier molecular flexibility index (Phi) is 4.91. The maximum atomic E-state index is 12.4. The average molecular weight is 261 g/mol. The molecule has 0 radical (unpaired) electrons. The number of aryl methyl sites for hydroxylation is 1. The lowest BCUT2D eigenvalue weighted by Gasteiger charge is -2.30. The number of hydrogen-bond donors (Lipinski definition) is 1. The van der Waals surface area contributed by atoms with Crippen LogP contribution in [0.1, 0.15) is 42.2 Å². The van der Waals surface area contributed by atoms with E-state index in [4.69, 9.17) is 0 Å². The molecule has 0 spiro atoms. The Hall–Kier alpha value is -1.42. The van der Waals surface area contributed by atoms with Gasteiger partial charge in [-0.2, -0.15) is 0 Å². The second-order valence-electron chi connectivity index (χ2n) is 5.18. The fourth-order valence-electron chi connectivity index (χ4n) is 2.48. The highest BCUT2D eigenvalue weighted by molar-refractivity contribution is 5.93. The normalized spacial score (nSPS) is 19.2. The van der Waals surface area contributed by atoms with Crippen LogP contribution in [-0.4, -0.2) is 41.5 Å². The molecule has 0 bridgehead atoms. The molecule has 1 atom stereocenters. The number of rotatable bonds is 4. The molecule has 2 rings (SSSR count). The molecule has 0 aliphatic carbocycles. The van der Waals surface area contributed by atoms with E-state index in [2.05, 4.69) is 10.3 Å². The van der Waals surface area contributed by atoms with Gasteiger partial charge >= 0.3 is 0 Å². The van der Waals surface area contributed by atoms with Crippen LogP contribution in [0.2, 0.25) is 0 Å². The number of amides is 1. The first kappa shape index (κ1) is 14.0. The molecule has 1 aromatic rings. The van der Waals surface area contributed by atoms with Crippen LogP contribution < -0.4 is 5.32 Å². The summed E-state index contributed by atoms with van der Waals surface area (Å²) >= 11 is 0. The third kappa shape index (κ3) is 3.77. The highest BCUT2D eigenvalue weighted by Crippen LogP contribution is 2.11. The number of carbonyl (C=O) groups is 1. The Morgan fingerprint density at radius 2 is 2.32 bits per heavy atom. The molecular formula is C15H23N3O. The average Bonchev–Trinajstić information content (AvgIpc) is 2.46. The summed E-state index contributed by atoms with van der Waals surface area (Å²) in [5.74, 6) is 0.0855. The molecule has 19 heavy (non-hydrogen) atoms. The van der Waals surface area contributed by atoms with Crippen molar-refractivity contribution in [3.05, 3.63) is 29.6 Å². The van der Waals surface area contributed by atoms with Crippen molar-refractivity contribution in [2.75, 3.05) is 19.6 Å². The van der Waals surface area contributed by atoms with Gasteiger partial charge in [-0.05, 0) is 45.4 Å². The quantitative estimate of drug-likeness (QED) is 0.901. The van der Waals surface area contributed by atoms with E-state index in [1.54, 1.807) is 6.20 Å². The Morgan fingerprint density at radius 3 is 2.89 bits per heavy atom. The van der Waals surface area contributed by atoms with E-state index >= 15 is 0 Å². The summed E-state index contributed by atoms with van der Waals surface area (Å²) in [4.78, 5) is 18.5. The van der Waals surface area contributed by atoms with Crippen LogP contribution in [0.25, 0.3) is 0 Å². The minimum Gasteiger partial charge on any atom is -0.337 e. The zero-order chi connectivity index (χ0) is 13.7. The summed E-state index contributed by atoms with van der Waals surface area (Å²) in [6.45, 7) is 6.57. The summed E-state index contributed by atoms with van der Waals surface area (Å²) in [7, 11) is 0. The Labute approximate surface area is 115 Å². The fraction of sp³-hybridized carbons (Fsp3) is 0.600. The number of nitrogens with zero attached hydrogens (tertiary/aromatic N) is 2. The van der Waals surface area contributed by atoms with Crippen molar-refractivity contribution in [3.63, 3.8) is 0 Å². The molecule has 4 nitrogen and oxygen atoms in total. The summed E-state index contributed by atoms with van der Waals surface area (Å²) in [5, 5.41) is 3.49. The minimum absolute atomic E-state index is 0.0855. The molecule has 1 N–H and O–H groups in total. The first-order chi connectivity index (χ1) is 9.20. The van der Waals surface area contributed by atoms with Crippen LogP contribution in [0.3, 0.4) is 0 Å². The van der Waals surface area contributed by atoms with Gasteiger partial charge in [0, 0.05) is 31.0 Å².